The summed E-state index contributed by atoms with van der Waals surface area (Å²) in [6.07, 6.45) is 5.82. The van der Waals surface area contributed by atoms with Gasteiger partial charge >= 0.3 is 5.69 Å². The fraction of sp³-hybridized carbons (Fsp3) is 0.316. The minimum absolute atomic E-state index is 0.315. The van der Waals surface area contributed by atoms with Crippen molar-refractivity contribution in [2.75, 3.05) is 5.43 Å². The lowest BCUT2D eigenvalue weighted by Crippen LogP contribution is -2.38. The average molecular weight is 351 g/mol. The average Bonchev–Trinajstić information content (AvgIpc) is 3.36. The molecule has 0 saturated heterocycles. The first-order valence-corrected chi connectivity index (χ1v) is 8.70. The van der Waals surface area contributed by atoms with Crippen molar-refractivity contribution in [2.45, 2.75) is 26.3 Å². The first kappa shape index (κ1) is 16.4. The number of nitrogens with zero attached hydrogens (tertiary/aromatic N) is 3. The van der Waals surface area contributed by atoms with Crippen molar-refractivity contribution in [3.8, 4) is 0 Å². The van der Waals surface area contributed by atoms with Gasteiger partial charge in [0.2, 0.25) is 0 Å². The first-order valence-electron chi connectivity index (χ1n) is 8.70. The highest BCUT2D eigenvalue weighted by atomic mass is 16.2. The summed E-state index contributed by atoms with van der Waals surface area (Å²) in [5.41, 5.74) is 5.37. The number of anilines is 1. The second-order valence-corrected chi connectivity index (χ2v) is 6.93. The zero-order valence-corrected chi connectivity index (χ0v) is 14.8. The normalized spacial score (nSPS) is 14.4. The van der Waals surface area contributed by atoms with E-state index in [0.29, 0.717) is 18.3 Å². The first-order chi connectivity index (χ1) is 12.5. The number of aromatic nitrogens is 3. The lowest BCUT2D eigenvalue weighted by Gasteiger charge is -2.12. The highest BCUT2D eigenvalue weighted by Gasteiger charge is 2.24. The highest BCUT2D eigenvalue weighted by Crippen LogP contribution is 2.30. The van der Waals surface area contributed by atoms with Gasteiger partial charge in [0.05, 0.1) is 6.21 Å². The summed E-state index contributed by atoms with van der Waals surface area (Å²) >= 11 is 0. The van der Waals surface area contributed by atoms with Gasteiger partial charge in [-0.3, -0.25) is 19.4 Å². The van der Waals surface area contributed by atoms with E-state index in [-0.39, 0.29) is 11.2 Å². The molecule has 2 aromatic heterocycles. The maximum absolute atomic E-state index is 12.4. The Labute approximate surface area is 150 Å². The maximum atomic E-state index is 12.4. The van der Waals surface area contributed by atoms with Gasteiger partial charge in [-0.2, -0.15) is 5.10 Å². The number of rotatable bonds is 5. The Hall–Kier alpha value is -3.09. The molecule has 26 heavy (non-hydrogen) atoms. The third-order valence-electron chi connectivity index (χ3n) is 4.79. The molecule has 2 N–H and O–H groups in total. The third kappa shape index (κ3) is 3.08. The van der Waals surface area contributed by atoms with Gasteiger partial charge < -0.3 is 4.98 Å². The van der Waals surface area contributed by atoms with E-state index in [4.69, 9.17) is 0 Å². The van der Waals surface area contributed by atoms with E-state index in [2.05, 4.69) is 21.6 Å². The van der Waals surface area contributed by atoms with E-state index in [1.165, 1.54) is 18.7 Å². The summed E-state index contributed by atoms with van der Waals surface area (Å²) in [7, 11) is 1.50. The number of hydrogen-bond acceptors (Lipinski definition) is 4. The molecule has 1 saturated carbocycles. The lowest BCUT2D eigenvalue weighted by atomic mass is 10.1. The summed E-state index contributed by atoms with van der Waals surface area (Å²) in [6, 6.07) is 7.59. The van der Waals surface area contributed by atoms with Gasteiger partial charge in [0, 0.05) is 42.3 Å². The zero-order chi connectivity index (χ0) is 18.3. The number of fused-ring (bicyclic) bond motifs is 1. The van der Waals surface area contributed by atoms with E-state index in [9.17, 15) is 9.59 Å². The Bertz CT molecular complexity index is 1120. The van der Waals surface area contributed by atoms with Crippen LogP contribution < -0.4 is 16.7 Å². The maximum Gasteiger partial charge on any atom is 0.332 e. The summed E-state index contributed by atoms with van der Waals surface area (Å²) in [5.74, 6) is 0.934. The number of hydrogen-bond donors (Lipinski definition) is 2. The smallest absolute Gasteiger partial charge is 0.332 e. The Morgan fingerprint density at radius 2 is 2.12 bits per heavy atom. The van der Waals surface area contributed by atoms with Crippen LogP contribution in [0.4, 0.5) is 5.82 Å². The Morgan fingerprint density at radius 3 is 2.88 bits per heavy atom. The molecule has 3 aromatic rings. The van der Waals surface area contributed by atoms with Crippen LogP contribution in [0.3, 0.4) is 0 Å². The predicted molar refractivity (Wildman–Crippen MR) is 103 cm³/mol. The van der Waals surface area contributed by atoms with E-state index < -0.39 is 0 Å². The standard InChI is InChI=1S/C19H21N5O2/c1-12-3-6-16-15(7-12)14(9-20-16)10-21-22-17-8-18(25)23(2)19(26)24(17)11-13-4-5-13/h3,6-10,13,20,22H,4-5,11H2,1-2H3/b21-10+. The Kier molecular flexibility index (Phi) is 3.99. The quantitative estimate of drug-likeness (QED) is 0.546. The van der Waals surface area contributed by atoms with Crippen molar-refractivity contribution in [1.29, 1.82) is 0 Å². The van der Waals surface area contributed by atoms with Crippen LogP contribution in [0, 0.1) is 12.8 Å². The summed E-state index contributed by atoms with van der Waals surface area (Å²) in [4.78, 5) is 27.6. The van der Waals surface area contributed by atoms with Crippen molar-refractivity contribution in [3.05, 3.63) is 62.4 Å². The summed E-state index contributed by atoms with van der Waals surface area (Å²) < 4.78 is 2.72. The largest absolute Gasteiger partial charge is 0.361 e. The van der Waals surface area contributed by atoms with Gasteiger partial charge in [-0.25, -0.2) is 4.79 Å². The van der Waals surface area contributed by atoms with Gasteiger partial charge in [0.1, 0.15) is 5.82 Å². The molecular weight excluding hydrogens is 330 g/mol. The van der Waals surface area contributed by atoms with Crippen LogP contribution in [0.1, 0.15) is 24.0 Å². The van der Waals surface area contributed by atoms with Crippen LogP contribution in [0.25, 0.3) is 10.9 Å². The predicted octanol–water partition coefficient (Wildman–Crippen LogP) is 2.19. The van der Waals surface area contributed by atoms with Gasteiger partial charge in [-0.1, -0.05) is 11.6 Å². The molecule has 7 nitrogen and oxygen atoms in total. The zero-order valence-electron chi connectivity index (χ0n) is 14.8. The number of hydrazone groups is 1. The minimum Gasteiger partial charge on any atom is -0.361 e. The molecule has 0 aliphatic heterocycles. The van der Waals surface area contributed by atoms with E-state index in [1.807, 2.05) is 25.3 Å². The van der Waals surface area contributed by atoms with Gasteiger partial charge in [0.25, 0.3) is 5.56 Å². The van der Waals surface area contributed by atoms with Gasteiger partial charge in [-0.15, -0.1) is 0 Å². The molecule has 1 aromatic carbocycles. The molecule has 0 unspecified atom stereocenters. The molecule has 1 aliphatic carbocycles. The molecule has 134 valence electrons. The minimum atomic E-state index is -0.345. The topological polar surface area (TPSA) is 84.2 Å². The molecule has 0 amide bonds. The van der Waals surface area contributed by atoms with Crippen molar-refractivity contribution < 1.29 is 0 Å². The molecule has 7 heteroatoms. The molecule has 0 atom stereocenters. The molecule has 1 fully saturated rings. The second kappa shape index (κ2) is 6.33. The van der Waals surface area contributed by atoms with Crippen LogP contribution in [0.15, 0.2) is 45.2 Å². The van der Waals surface area contributed by atoms with E-state index in [1.54, 1.807) is 10.8 Å². The van der Waals surface area contributed by atoms with Gasteiger partial charge in [0.15, 0.2) is 0 Å². The number of H-pyrrole nitrogens is 1. The monoisotopic (exact) mass is 351 g/mol. The van der Waals surface area contributed by atoms with Crippen LogP contribution in [-0.4, -0.2) is 20.3 Å². The third-order valence-corrected chi connectivity index (χ3v) is 4.79. The molecular formula is C19H21N5O2. The molecule has 0 radical (unpaired) electrons. The second-order valence-electron chi connectivity index (χ2n) is 6.93. The van der Waals surface area contributed by atoms with E-state index >= 15 is 0 Å². The molecule has 0 spiro atoms. The van der Waals surface area contributed by atoms with Crippen LogP contribution in [-0.2, 0) is 13.6 Å². The molecule has 1 aliphatic rings. The number of nitrogens with one attached hydrogen (secondary N) is 2. The summed E-state index contributed by atoms with van der Waals surface area (Å²) in [6.45, 7) is 2.65. The number of benzene rings is 1. The SMILES string of the molecule is Cc1ccc2[nH]cc(/C=N/Nc3cc(=O)n(C)c(=O)n3CC3CC3)c2c1. The molecule has 4 rings (SSSR count). The van der Waals surface area contributed by atoms with Crippen molar-refractivity contribution in [2.24, 2.45) is 18.1 Å². The number of aryl methyl sites for hydroxylation is 1. The van der Waals surface area contributed by atoms with Crippen LogP contribution >= 0.6 is 0 Å². The highest BCUT2D eigenvalue weighted by molar-refractivity contribution is 5.99. The fourth-order valence-electron chi connectivity index (χ4n) is 3.03. The van der Waals surface area contributed by atoms with Gasteiger partial charge in [-0.05, 0) is 37.8 Å². The van der Waals surface area contributed by atoms with Crippen molar-refractivity contribution >= 4 is 22.9 Å². The van der Waals surface area contributed by atoms with E-state index in [0.717, 1.165) is 33.9 Å². The fourth-order valence-corrected chi connectivity index (χ4v) is 3.03. The Morgan fingerprint density at radius 1 is 1.31 bits per heavy atom. The lowest BCUT2D eigenvalue weighted by molar-refractivity contribution is 0.564. The van der Waals surface area contributed by atoms with Crippen molar-refractivity contribution in [3.63, 3.8) is 0 Å². The van der Waals surface area contributed by atoms with Crippen LogP contribution in [0.5, 0.6) is 0 Å². The van der Waals surface area contributed by atoms with Crippen LogP contribution in [0.2, 0.25) is 0 Å². The molecule has 2 heterocycles. The Balaban J connectivity index is 1.64. The van der Waals surface area contributed by atoms with Crippen molar-refractivity contribution in [1.82, 2.24) is 14.1 Å². The molecule has 0 bridgehead atoms. The number of aromatic amines is 1. The summed E-state index contributed by atoms with van der Waals surface area (Å²) in [5, 5.41) is 5.34.